The Balaban J connectivity index is 2.73. The zero-order valence-corrected chi connectivity index (χ0v) is 13.5. The van der Waals surface area contributed by atoms with Gasteiger partial charge in [0.2, 0.25) is 0 Å². The fraction of sp³-hybridized carbons (Fsp3) is 0.333. The van der Waals surface area contributed by atoms with Crippen LogP contribution in [0.2, 0.25) is 0 Å². The third kappa shape index (κ3) is 2.82. The van der Waals surface area contributed by atoms with Gasteiger partial charge < -0.3 is 4.74 Å². The molecule has 0 spiro atoms. The lowest BCUT2D eigenvalue weighted by Gasteiger charge is -2.20. The smallest absolute Gasteiger partial charge is 0.419 e. The number of carbonyl (C=O) groups is 2. The highest BCUT2D eigenvalue weighted by Gasteiger charge is 2.24. The minimum absolute atomic E-state index is 0.473. The molecule has 4 nitrogen and oxygen atoms in total. The molecule has 0 bridgehead atoms. The van der Waals surface area contributed by atoms with Gasteiger partial charge in [0.05, 0.1) is 5.52 Å². The summed E-state index contributed by atoms with van der Waals surface area (Å²) in [5, 5.41) is 0.792. The molecule has 0 aliphatic heterocycles. The molecule has 0 atom stereocenters. The van der Waals surface area contributed by atoms with E-state index in [0.29, 0.717) is 23.2 Å². The van der Waals surface area contributed by atoms with Gasteiger partial charge in [0.1, 0.15) is 5.60 Å². The summed E-state index contributed by atoms with van der Waals surface area (Å²) in [7, 11) is 0. The molecule has 0 fully saturated rings. The number of allylic oxidation sites excluding steroid dienone is 1. The Bertz CT molecular complexity index is 748. The second-order valence-electron chi connectivity index (χ2n) is 6.24. The summed E-state index contributed by atoms with van der Waals surface area (Å²) in [5.74, 6) is 0. The molecule has 0 N–H and O–H groups in total. The monoisotopic (exact) mass is 299 g/mol. The quantitative estimate of drug-likeness (QED) is 0.628. The first kappa shape index (κ1) is 16.0. The summed E-state index contributed by atoms with van der Waals surface area (Å²) >= 11 is 0. The second kappa shape index (κ2) is 5.79. The van der Waals surface area contributed by atoms with E-state index in [4.69, 9.17) is 4.74 Å². The summed E-state index contributed by atoms with van der Waals surface area (Å²) in [4.78, 5) is 24.0. The third-order valence-corrected chi connectivity index (χ3v) is 3.42. The van der Waals surface area contributed by atoms with E-state index in [-0.39, 0.29) is 0 Å². The minimum atomic E-state index is -0.597. The first-order valence-electron chi connectivity index (χ1n) is 7.22. The fourth-order valence-corrected chi connectivity index (χ4v) is 2.58. The average Bonchev–Trinajstić information content (AvgIpc) is 2.69. The number of benzene rings is 1. The molecule has 0 saturated heterocycles. The van der Waals surface area contributed by atoms with Crippen molar-refractivity contribution >= 4 is 23.3 Å². The normalized spacial score (nSPS) is 11.5. The van der Waals surface area contributed by atoms with Crippen molar-refractivity contribution in [2.45, 2.75) is 39.7 Å². The van der Waals surface area contributed by atoms with E-state index >= 15 is 0 Å². The highest BCUT2D eigenvalue weighted by atomic mass is 16.6. The Morgan fingerprint density at radius 3 is 2.59 bits per heavy atom. The molecule has 116 valence electrons. The highest BCUT2D eigenvalue weighted by molar-refractivity contribution is 6.04. The van der Waals surface area contributed by atoms with Crippen molar-refractivity contribution < 1.29 is 14.3 Å². The number of carbonyl (C=O) groups excluding carboxylic acids is 2. The van der Waals surface area contributed by atoms with Gasteiger partial charge in [-0.15, -0.1) is 6.58 Å². The predicted molar refractivity (Wildman–Crippen MR) is 87.6 cm³/mol. The average molecular weight is 299 g/mol. The van der Waals surface area contributed by atoms with E-state index in [0.717, 1.165) is 17.2 Å². The van der Waals surface area contributed by atoms with Crippen LogP contribution in [0.25, 0.3) is 10.9 Å². The topological polar surface area (TPSA) is 48.3 Å². The third-order valence-electron chi connectivity index (χ3n) is 3.42. The Morgan fingerprint density at radius 2 is 2.05 bits per heavy atom. The number of hydrogen-bond acceptors (Lipinski definition) is 3. The first-order chi connectivity index (χ1) is 10.3. The molecule has 2 aromatic rings. The first-order valence-corrected chi connectivity index (χ1v) is 7.22. The van der Waals surface area contributed by atoms with Gasteiger partial charge in [-0.1, -0.05) is 18.2 Å². The molecule has 0 aliphatic carbocycles. The van der Waals surface area contributed by atoms with Crippen LogP contribution >= 0.6 is 0 Å². The fourth-order valence-electron chi connectivity index (χ4n) is 2.58. The van der Waals surface area contributed by atoms with Crippen molar-refractivity contribution in [2.24, 2.45) is 0 Å². The molecule has 22 heavy (non-hydrogen) atoms. The summed E-state index contributed by atoms with van der Waals surface area (Å²) in [6.07, 6.45) is 2.74. The van der Waals surface area contributed by atoms with Gasteiger partial charge in [0.15, 0.2) is 6.29 Å². The van der Waals surface area contributed by atoms with Crippen LogP contribution in [0.4, 0.5) is 4.79 Å². The van der Waals surface area contributed by atoms with Crippen LogP contribution in [0.15, 0.2) is 30.9 Å². The van der Waals surface area contributed by atoms with Crippen molar-refractivity contribution in [3.05, 3.63) is 47.7 Å². The van der Waals surface area contributed by atoms with Crippen LogP contribution in [0.5, 0.6) is 0 Å². The van der Waals surface area contributed by atoms with E-state index in [1.165, 1.54) is 4.57 Å². The van der Waals surface area contributed by atoms with Gasteiger partial charge in [-0.2, -0.15) is 0 Å². The van der Waals surface area contributed by atoms with Crippen LogP contribution in [-0.4, -0.2) is 22.5 Å². The van der Waals surface area contributed by atoms with Gasteiger partial charge in [-0.25, -0.2) is 9.36 Å². The zero-order chi connectivity index (χ0) is 16.5. The minimum Gasteiger partial charge on any atom is -0.443 e. The standard InChI is InChI=1S/C18H21NO3/c1-6-8-13-9-7-10-15-16(13)14(11-20)12(2)19(15)17(21)22-18(3,4)5/h6-7,9-11H,1,8H2,2-5H3. The lowest BCUT2D eigenvalue weighted by atomic mass is 10.0. The van der Waals surface area contributed by atoms with Crippen LogP contribution in [-0.2, 0) is 11.2 Å². The molecule has 4 heteroatoms. The Hall–Kier alpha value is -2.36. The second-order valence-corrected chi connectivity index (χ2v) is 6.24. The molecule has 0 radical (unpaired) electrons. The van der Waals surface area contributed by atoms with Crippen LogP contribution < -0.4 is 0 Å². The van der Waals surface area contributed by atoms with Crippen molar-refractivity contribution in [3.63, 3.8) is 0 Å². The summed E-state index contributed by atoms with van der Waals surface area (Å²) in [6, 6.07) is 5.64. The predicted octanol–water partition coefficient (Wildman–Crippen LogP) is 4.27. The number of aromatic nitrogens is 1. The number of aldehydes is 1. The Labute approximate surface area is 130 Å². The number of nitrogens with zero attached hydrogens (tertiary/aromatic N) is 1. The SMILES string of the molecule is C=CCc1cccc2c1c(C=O)c(C)n2C(=O)OC(C)(C)C. The molecule has 1 aromatic heterocycles. The number of rotatable bonds is 3. The van der Waals surface area contributed by atoms with E-state index in [1.807, 2.05) is 39.0 Å². The van der Waals surface area contributed by atoms with Crippen LogP contribution in [0, 0.1) is 6.92 Å². The van der Waals surface area contributed by atoms with Crippen molar-refractivity contribution in [2.75, 3.05) is 0 Å². The Morgan fingerprint density at radius 1 is 1.36 bits per heavy atom. The lowest BCUT2D eigenvalue weighted by molar-refractivity contribution is 0.0541. The molecular weight excluding hydrogens is 278 g/mol. The molecule has 2 rings (SSSR count). The Kier molecular flexibility index (Phi) is 4.22. The van der Waals surface area contributed by atoms with E-state index < -0.39 is 11.7 Å². The molecule has 0 saturated carbocycles. The maximum atomic E-state index is 12.5. The lowest BCUT2D eigenvalue weighted by Crippen LogP contribution is -2.27. The summed E-state index contributed by atoms with van der Waals surface area (Å²) in [5.41, 5.74) is 2.18. The van der Waals surface area contributed by atoms with Crippen molar-refractivity contribution in [1.82, 2.24) is 4.57 Å². The van der Waals surface area contributed by atoms with Gasteiger partial charge in [0.25, 0.3) is 0 Å². The molecule has 0 amide bonds. The number of hydrogen-bond donors (Lipinski definition) is 0. The largest absolute Gasteiger partial charge is 0.443 e. The van der Waals surface area contributed by atoms with E-state index in [1.54, 1.807) is 13.0 Å². The van der Waals surface area contributed by atoms with E-state index in [9.17, 15) is 9.59 Å². The van der Waals surface area contributed by atoms with Crippen molar-refractivity contribution in [3.8, 4) is 0 Å². The van der Waals surface area contributed by atoms with E-state index in [2.05, 4.69) is 6.58 Å². The molecule has 1 heterocycles. The zero-order valence-electron chi connectivity index (χ0n) is 13.5. The molecule has 1 aromatic carbocycles. The molecule has 0 aliphatic rings. The maximum Gasteiger partial charge on any atom is 0.419 e. The van der Waals surface area contributed by atoms with Crippen LogP contribution in [0.3, 0.4) is 0 Å². The van der Waals surface area contributed by atoms with Gasteiger partial charge in [-0.3, -0.25) is 4.79 Å². The summed E-state index contributed by atoms with van der Waals surface area (Å²) in [6.45, 7) is 10.9. The van der Waals surface area contributed by atoms with Crippen molar-refractivity contribution in [1.29, 1.82) is 0 Å². The highest BCUT2D eigenvalue weighted by Crippen LogP contribution is 2.29. The molecular formula is C18H21NO3. The van der Waals surface area contributed by atoms with Gasteiger partial charge in [-0.05, 0) is 45.7 Å². The van der Waals surface area contributed by atoms with Gasteiger partial charge >= 0.3 is 6.09 Å². The summed E-state index contributed by atoms with van der Waals surface area (Å²) < 4.78 is 6.93. The number of ether oxygens (including phenoxy) is 1. The maximum absolute atomic E-state index is 12.5. The number of fused-ring (bicyclic) bond motifs is 1. The van der Waals surface area contributed by atoms with Crippen LogP contribution in [0.1, 0.15) is 42.4 Å². The van der Waals surface area contributed by atoms with Gasteiger partial charge in [0, 0.05) is 16.6 Å². The molecule has 0 unspecified atom stereocenters.